The molecular formula is C25H23F2N7O2. The molecule has 0 spiro atoms. The van der Waals surface area contributed by atoms with Crippen LogP contribution in [0, 0.1) is 23.1 Å². The molecule has 1 saturated heterocycles. The summed E-state index contributed by atoms with van der Waals surface area (Å²) in [6.07, 6.45) is 5.08. The largest absolute Gasteiger partial charge is 0.425 e. The van der Waals surface area contributed by atoms with Crippen LogP contribution in [0.15, 0.2) is 65.9 Å². The molecule has 9 nitrogen and oxygen atoms in total. The van der Waals surface area contributed by atoms with Gasteiger partial charge in [-0.05, 0) is 48.7 Å². The van der Waals surface area contributed by atoms with Gasteiger partial charge in [0.1, 0.15) is 17.4 Å². The van der Waals surface area contributed by atoms with E-state index in [1.165, 1.54) is 12.4 Å². The summed E-state index contributed by atoms with van der Waals surface area (Å²) in [4.78, 5) is 26.1. The highest BCUT2D eigenvalue weighted by atomic mass is 19.1. The zero-order chi connectivity index (χ0) is 25.5. The van der Waals surface area contributed by atoms with Gasteiger partial charge in [-0.15, -0.1) is 4.99 Å². The maximum Gasteiger partial charge on any atom is 0.308 e. The number of anilines is 1. The van der Waals surface area contributed by atoms with Crippen molar-refractivity contribution in [3.8, 4) is 11.9 Å². The minimum Gasteiger partial charge on any atom is -0.425 e. The maximum absolute atomic E-state index is 14.9. The number of para-hydroxylation sites is 1. The molecule has 2 heterocycles. The topological polar surface area (TPSA) is 130 Å². The van der Waals surface area contributed by atoms with Gasteiger partial charge < -0.3 is 20.7 Å². The number of carbonyl (C=O) groups excluding carboxylic acids is 1. The number of amides is 1. The van der Waals surface area contributed by atoms with Gasteiger partial charge in [0.15, 0.2) is 11.5 Å². The number of piperidine rings is 1. The van der Waals surface area contributed by atoms with Gasteiger partial charge in [0.2, 0.25) is 6.19 Å². The second kappa shape index (κ2) is 10.8. The number of hydrogen-bond donors (Lipinski definition) is 2. The fraction of sp³-hybridized carbons (Fsp3) is 0.240. The summed E-state index contributed by atoms with van der Waals surface area (Å²) in [5.41, 5.74) is 4.91. The second-order valence-electron chi connectivity index (χ2n) is 8.27. The number of hydrogen-bond acceptors (Lipinski definition) is 7. The summed E-state index contributed by atoms with van der Waals surface area (Å²) in [7, 11) is 0. The van der Waals surface area contributed by atoms with E-state index in [0.717, 1.165) is 18.2 Å². The summed E-state index contributed by atoms with van der Waals surface area (Å²) in [5.74, 6) is -1.26. The van der Waals surface area contributed by atoms with Crippen molar-refractivity contribution in [1.29, 1.82) is 5.26 Å². The highest BCUT2D eigenvalue weighted by Gasteiger charge is 2.40. The number of likely N-dealkylation sites (tertiary alicyclic amines) is 1. The Labute approximate surface area is 206 Å². The zero-order valence-electron chi connectivity index (χ0n) is 19.2. The number of nitrogens with two attached hydrogens (primary N) is 1. The van der Waals surface area contributed by atoms with Crippen molar-refractivity contribution in [2.75, 3.05) is 25.4 Å². The molecule has 1 aliphatic rings. The van der Waals surface area contributed by atoms with Gasteiger partial charge >= 0.3 is 6.02 Å². The lowest BCUT2D eigenvalue weighted by molar-refractivity contribution is 0.0925. The Balaban J connectivity index is 1.57. The molecule has 184 valence electrons. The van der Waals surface area contributed by atoms with Gasteiger partial charge in [-0.25, -0.2) is 18.7 Å². The molecule has 0 atom stereocenters. The number of benzene rings is 2. The number of ether oxygens (including phenoxy) is 1. The number of nitrogen functional groups attached to an aromatic ring is 1. The van der Waals surface area contributed by atoms with Crippen LogP contribution in [0.25, 0.3) is 0 Å². The molecule has 0 bridgehead atoms. The Morgan fingerprint density at radius 3 is 2.58 bits per heavy atom. The van der Waals surface area contributed by atoms with Crippen LogP contribution in [0.1, 0.15) is 28.9 Å². The number of nitriles is 1. The van der Waals surface area contributed by atoms with Crippen molar-refractivity contribution in [2.24, 2.45) is 4.99 Å². The lowest BCUT2D eigenvalue weighted by Gasteiger charge is -2.42. The van der Waals surface area contributed by atoms with Crippen LogP contribution >= 0.6 is 0 Å². The number of carbonyl (C=O) groups is 1. The van der Waals surface area contributed by atoms with Crippen molar-refractivity contribution in [1.82, 2.24) is 20.2 Å². The van der Waals surface area contributed by atoms with E-state index in [0.29, 0.717) is 31.7 Å². The first kappa shape index (κ1) is 24.5. The van der Waals surface area contributed by atoms with E-state index in [9.17, 15) is 13.6 Å². The molecule has 1 amide bonds. The van der Waals surface area contributed by atoms with Crippen molar-refractivity contribution in [3.05, 3.63) is 83.8 Å². The van der Waals surface area contributed by atoms with Crippen molar-refractivity contribution < 1.29 is 18.3 Å². The molecule has 11 heteroatoms. The van der Waals surface area contributed by atoms with Crippen molar-refractivity contribution >= 4 is 17.7 Å². The molecule has 1 aliphatic heterocycles. The number of halogens is 2. The van der Waals surface area contributed by atoms with Crippen LogP contribution in [0.4, 0.5) is 14.6 Å². The fourth-order valence-corrected chi connectivity index (χ4v) is 4.22. The SMILES string of the molecule is N#C/N=C(/Oc1ccccc1)N1CCC(CNC(=O)c2nccnc2N)(c2cc(F)ccc2F)CC1. The van der Waals surface area contributed by atoms with E-state index >= 15 is 0 Å². The smallest absolute Gasteiger partial charge is 0.308 e. The van der Waals surface area contributed by atoms with E-state index in [-0.39, 0.29) is 29.6 Å². The van der Waals surface area contributed by atoms with Gasteiger partial charge in [0.25, 0.3) is 5.91 Å². The van der Waals surface area contributed by atoms with Crippen molar-refractivity contribution in [3.63, 3.8) is 0 Å². The lowest BCUT2D eigenvalue weighted by atomic mass is 9.72. The summed E-state index contributed by atoms with van der Waals surface area (Å²) in [5, 5.41) is 11.9. The van der Waals surface area contributed by atoms with E-state index in [2.05, 4.69) is 20.3 Å². The first-order chi connectivity index (χ1) is 17.4. The average molecular weight is 492 g/mol. The van der Waals surface area contributed by atoms with Crippen LogP contribution < -0.4 is 15.8 Å². The Hall–Kier alpha value is -4.59. The predicted octanol–water partition coefficient (Wildman–Crippen LogP) is 3.02. The normalized spacial score (nSPS) is 15.1. The quantitative estimate of drug-likeness (QED) is 0.319. The number of nitrogens with zero attached hydrogens (tertiary/aromatic N) is 5. The first-order valence-corrected chi connectivity index (χ1v) is 11.2. The van der Waals surface area contributed by atoms with Gasteiger partial charge in [-0.2, -0.15) is 5.26 Å². The number of nitrogens with one attached hydrogen (secondary N) is 1. The fourth-order valence-electron chi connectivity index (χ4n) is 4.22. The molecule has 3 aromatic rings. The van der Waals surface area contributed by atoms with E-state index in [1.807, 2.05) is 6.07 Å². The number of aromatic nitrogens is 2. The maximum atomic E-state index is 14.9. The molecule has 3 N–H and O–H groups in total. The second-order valence-corrected chi connectivity index (χ2v) is 8.27. The molecule has 2 aromatic carbocycles. The monoisotopic (exact) mass is 491 g/mol. The number of aliphatic imine (C=N–C) groups is 1. The van der Waals surface area contributed by atoms with E-state index < -0.39 is 23.0 Å². The van der Waals surface area contributed by atoms with Gasteiger partial charge in [-0.3, -0.25) is 4.79 Å². The summed E-state index contributed by atoms with van der Waals surface area (Å²) >= 11 is 0. The van der Waals surface area contributed by atoms with Crippen LogP contribution in [0.3, 0.4) is 0 Å². The lowest BCUT2D eigenvalue weighted by Crippen LogP contribution is -2.51. The zero-order valence-corrected chi connectivity index (χ0v) is 19.2. The molecule has 4 rings (SSSR count). The number of rotatable bonds is 5. The van der Waals surface area contributed by atoms with Gasteiger partial charge in [0, 0.05) is 37.4 Å². The van der Waals surface area contributed by atoms with E-state index in [4.69, 9.17) is 15.7 Å². The minimum atomic E-state index is -0.945. The Bertz CT molecular complexity index is 1300. The highest BCUT2D eigenvalue weighted by Crippen LogP contribution is 2.37. The molecule has 0 radical (unpaired) electrons. The standard InChI is InChI=1S/C25H23F2N7O2/c26-17-6-7-20(27)19(14-17)25(15-32-23(35)21-22(29)31-11-10-30-21)8-12-34(13-9-25)24(33-16-28)36-18-4-2-1-3-5-18/h1-7,10-11,14H,8-9,12-13,15H2,(H2,29,31)(H,32,35)/b33-24+. The third kappa shape index (κ3) is 5.38. The first-order valence-electron chi connectivity index (χ1n) is 11.2. The van der Waals surface area contributed by atoms with Crippen molar-refractivity contribution in [2.45, 2.75) is 18.3 Å². The molecule has 1 aromatic heterocycles. The van der Waals surface area contributed by atoms with Crippen LogP contribution in [-0.2, 0) is 5.41 Å². The van der Waals surface area contributed by atoms with Gasteiger partial charge in [0.05, 0.1) is 0 Å². The Morgan fingerprint density at radius 2 is 1.89 bits per heavy atom. The minimum absolute atomic E-state index is 0.000327. The van der Waals surface area contributed by atoms with Crippen LogP contribution in [-0.4, -0.2) is 46.4 Å². The third-order valence-corrected chi connectivity index (χ3v) is 6.12. The van der Waals surface area contributed by atoms with Crippen LogP contribution in [0.5, 0.6) is 5.75 Å². The summed E-state index contributed by atoms with van der Waals surface area (Å²) in [6.45, 7) is 0.624. The molecule has 1 fully saturated rings. The molecular weight excluding hydrogens is 468 g/mol. The number of amidine groups is 1. The molecule has 36 heavy (non-hydrogen) atoms. The summed E-state index contributed by atoms with van der Waals surface area (Å²) < 4.78 is 34.9. The summed E-state index contributed by atoms with van der Waals surface area (Å²) in [6, 6.07) is 12.3. The predicted molar refractivity (Wildman–Crippen MR) is 128 cm³/mol. The Morgan fingerprint density at radius 1 is 1.17 bits per heavy atom. The van der Waals surface area contributed by atoms with E-state index in [1.54, 1.807) is 35.4 Å². The Kier molecular flexibility index (Phi) is 7.34. The molecule has 0 unspecified atom stereocenters. The third-order valence-electron chi connectivity index (χ3n) is 6.12. The molecule has 0 aliphatic carbocycles. The molecule has 0 saturated carbocycles. The van der Waals surface area contributed by atoms with Gasteiger partial charge in [-0.1, -0.05) is 18.2 Å². The van der Waals surface area contributed by atoms with Crippen LogP contribution in [0.2, 0.25) is 0 Å². The average Bonchev–Trinajstić information content (AvgIpc) is 2.90. The highest BCUT2D eigenvalue weighted by molar-refractivity contribution is 5.96.